The normalized spacial score (nSPS) is 13.9. The van der Waals surface area contributed by atoms with Crippen LogP contribution in [0.5, 0.6) is 0 Å². The summed E-state index contributed by atoms with van der Waals surface area (Å²) in [7, 11) is 2.03. The number of nitrogens with one attached hydrogen (secondary N) is 1. The van der Waals surface area contributed by atoms with E-state index >= 15 is 0 Å². The predicted molar refractivity (Wildman–Crippen MR) is 81.4 cm³/mol. The highest BCUT2D eigenvalue weighted by atomic mass is 15.2. The van der Waals surface area contributed by atoms with E-state index in [0.29, 0.717) is 12.6 Å². The van der Waals surface area contributed by atoms with Crippen molar-refractivity contribution in [2.24, 2.45) is 0 Å². The highest BCUT2D eigenvalue weighted by molar-refractivity contribution is 5.47. The first-order chi connectivity index (χ1) is 8.90. The fraction of sp³-hybridized carbons (Fsp3) is 0.562. The Bertz CT molecular complexity index is 430. The average Bonchev–Trinajstić information content (AvgIpc) is 2.37. The number of nitriles is 1. The van der Waals surface area contributed by atoms with Gasteiger partial charge in [-0.15, -0.1) is 0 Å². The van der Waals surface area contributed by atoms with Gasteiger partial charge in [0.25, 0.3) is 0 Å². The lowest BCUT2D eigenvalue weighted by atomic mass is 10.0. The third kappa shape index (κ3) is 4.57. The molecule has 0 amide bonds. The summed E-state index contributed by atoms with van der Waals surface area (Å²) in [4.78, 5) is 2.12. The third-order valence-corrected chi connectivity index (χ3v) is 3.19. The number of hydrogen-bond donors (Lipinski definition) is 1. The minimum Gasteiger partial charge on any atom is -0.372 e. The van der Waals surface area contributed by atoms with Gasteiger partial charge in [-0.2, -0.15) is 5.26 Å². The molecule has 0 heterocycles. The minimum absolute atomic E-state index is 0.292. The van der Waals surface area contributed by atoms with Gasteiger partial charge in [0.2, 0.25) is 0 Å². The molecule has 0 bridgehead atoms. The molecule has 0 spiro atoms. The van der Waals surface area contributed by atoms with Crippen LogP contribution in [-0.2, 0) is 6.42 Å². The number of anilines is 1. The lowest BCUT2D eigenvalue weighted by Crippen LogP contribution is -2.52. The minimum atomic E-state index is -0.535. The summed E-state index contributed by atoms with van der Waals surface area (Å²) in [5.41, 5.74) is 1.94. The second-order valence-corrected chi connectivity index (χ2v) is 5.62. The Morgan fingerprint density at radius 2 is 1.89 bits per heavy atom. The van der Waals surface area contributed by atoms with E-state index in [0.717, 1.165) is 12.1 Å². The van der Waals surface area contributed by atoms with E-state index in [1.807, 2.05) is 14.0 Å². The Morgan fingerprint density at radius 3 is 2.32 bits per heavy atom. The standard InChI is InChI=1S/C16H25N3/c1-6-14-7-9-15(10-8-14)19(5)12-16(4,11-17)18-13(2)3/h7-10,13,18H,6,12H2,1-5H3. The summed E-state index contributed by atoms with van der Waals surface area (Å²) in [6, 6.07) is 11.2. The first kappa shape index (κ1) is 15.5. The van der Waals surface area contributed by atoms with E-state index < -0.39 is 5.54 Å². The van der Waals surface area contributed by atoms with Crippen LogP contribution in [0.3, 0.4) is 0 Å². The lowest BCUT2D eigenvalue weighted by molar-refractivity contribution is 0.408. The van der Waals surface area contributed by atoms with Crippen LogP contribution in [0.1, 0.15) is 33.3 Å². The molecule has 1 rings (SSSR count). The van der Waals surface area contributed by atoms with Crippen LogP contribution in [0.25, 0.3) is 0 Å². The lowest BCUT2D eigenvalue weighted by Gasteiger charge is -2.31. The van der Waals surface area contributed by atoms with Gasteiger partial charge in [0.15, 0.2) is 0 Å². The fourth-order valence-electron chi connectivity index (χ4n) is 2.30. The molecule has 0 saturated carbocycles. The summed E-state index contributed by atoms with van der Waals surface area (Å²) in [5.74, 6) is 0. The summed E-state index contributed by atoms with van der Waals surface area (Å²) >= 11 is 0. The van der Waals surface area contributed by atoms with Gasteiger partial charge in [0.1, 0.15) is 5.54 Å². The number of benzene rings is 1. The van der Waals surface area contributed by atoms with Crippen LogP contribution in [0.4, 0.5) is 5.69 Å². The maximum absolute atomic E-state index is 9.37. The van der Waals surface area contributed by atoms with Crippen molar-refractivity contribution in [1.82, 2.24) is 5.32 Å². The first-order valence-electron chi connectivity index (χ1n) is 6.89. The summed E-state index contributed by atoms with van der Waals surface area (Å²) in [6.45, 7) is 8.88. The van der Waals surface area contributed by atoms with Crippen molar-refractivity contribution >= 4 is 5.69 Å². The molecule has 0 radical (unpaired) electrons. The van der Waals surface area contributed by atoms with Gasteiger partial charge in [-0.3, -0.25) is 5.32 Å². The molecule has 104 valence electrons. The Balaban J connectivity index is 2.76. The molecule has 1 unspecified atom stereocenters. The average molecular weight is 259 g/mol. The predicted octanol–water partition coefficient (Wildman–Crippen LogP) is 2.97. The van der Waals surface area contributed by atoms with Crippen LogP contribution >= 0.6 is 0 Å². The van der Waals surface area contributed by atoms with Gasteiger partial charge in [0, 0.05) is 25.3 Å². The molecule has 1 aromatic carbocycles. The van der Waals surface area contributed by atoms with Crippen LogP contribution in [0, 0.1) is 11.3 Å². The number of aryl methyl sites for hydroxylation is 1. The van der Waals surface area contributed by atoms with Crippen molar-refractivity contribution in [3.63, 3.8) is 0 Å². The molecule has 19 heavy (non-hydrogen) atoms. The van der Waals surface area contributed by atoms with E-state index in [4.69, 9.17) is 0 Å². The maximum atomic E-state index is 9.37. The number of nitrogens with zero attached hydrogens (tertiary/aromatic N) is 2. The molecule has 0 aliphatic heterocycles. The van der Waals surface area contributed by atoms with Crippen molar-refractivity contribution in [3.8, 4) is 6.07 Å². The number of rotatable bonds is 6. The van der Waals surface area contributed by atoms with Crippen molar-refractivity contribution in [3.05, 3.63) is 29.8 Å². The summed E-state index contributed by atoms with van der Waals surface area (Å²) in [6.07, 6.45) is 1.05. The topological polar surface area (TPSA) is 39.1 Å². The molecule has 0 aliphatic carbocycles. The molecule has 3 heteroatoms. The van der Waals surface area contributed by atoms with Gasteiger partial charge in [0.05, 0.1) is 6.07 Å². The number of likely N-dealkylation sites (N-methyl/N-ethyl adjacent to an activating group) is 1. The van der Waals surface area contributed by atoms with Crippen molar-refractivity contribution in [2.45, 2.75) is 45.7 Å². The Labute approximate surface area is 117 Å². The molecule has 0 fully saturated rings. The van der Waals surface area contributed by atoms with E-state index in [9.17, 15) is 5.26 Å². The molecular formula is C16H25N3. The van der Waals surface area contributed by atoms with Crippen LogP contribution < -0.4 is 10.2 Å². The molecule has 0 saturated heterocycles. The van der Waals surface area contributed by atoms with Crippen LogP contribution in [0.2, 0.25) is 0 Å². The fourth-order valence-corrected chi connectivity index (χ4v) is 2.30. The first-order valence-corrected chi connectivity index (χ1v) is 6.89. The quantitative estimate of drug-likeness (QED) is 0.853. The molecule has 1 aromatic rings. The Kier molecular flexibility index (Phi) is 5.38. The highest BCUT2D eigenvalue weighted by Gasteiger charge is 2.26. The molecule has 3 nitrogen and oxygen atoms in total. The van der Waals surface area contributed by atoms with Gasteiger partial charge in [-0.05, 0) is 44.9 Å². The molecule has 1 atom stereocenters. The van der Waals surface area contributed by atoms with Crippen molar-refractivity contribution in [1.29, 1.82) is 5.26 Å². The maximum Gasteiger partial charge on any atom is 0.121 e. The van der Waals surface area contributed by atoms with E-state index in [-0.39, 0.29) is 0 Å². The van der Waals surface area contributed by atoms with E-state index in [1.165, 1.54) is 5.56 Å². The van der Waals surface area contributed by atoms with Crippen LogP contribution in [0.15, 0.2) is 24.3 Å². The second kappa shape index (κ2) is 6.58. The zero-order valence-electron chi connectivity index (χ0n) is 12.7. The third-order valence-electron chi connectivity index (χ3n) is 3.19. The summed E-state index contributed by atoms with van der Waals surface area (Å²) in [5, 5.41) is 12.7. The smallest absolute Gasteiger partial charge is 0.121 e. The van der Waals surface area contributed by atoms with Crippen LogP contribution in [-0.4, -0.2) is 25.2 Å². The molecule has 0 aliphatic rings. The van der Waals surface area contributed by atoms with Crippen molar-refractivity contribution < 1.29 is 0 Å². The van der Waals surface area contributed by atoms with Crippen molar-refractivity contribution in [2.75, 3.05) is 18.5 Å². The van der Waals surface area contributed by atoms with Gasteiger partial charge >= 0.3 is 0 Å². The largest absolute Gasteiger partial charge is 0.372 e. The van der Waals surface area contributed by atoms with E-state index in [2.05, 4.69) is 61.3 Å². The second-order valence-electron chi connectivity index (χ2n) is 5.62. The van der Waals surface area contributed by atoms with Gasteiger partial charge in [-0.25, -0.2) is 0 Å². The zero-order chi connectivity index (χ0) is 14.5. The SMILES string of the molecule is CCc1ccc(N(C)CC(C)(C#N)NC(C)C)cc1. The summed E-state index contributed by atoms with van der Waals surface area (Å²) < 4.78 is 0. The van der Waals surface area contributed by atoms with Gasteiger partial charge in [-0.1, -0.05) is 19.1 Å². The zero-order valence-corrected chi connectivity index (χ0v) is 12.7. The number of hydrogen-bond acceptors (Lipinski definition) is 3. The molecular weight excluding hydrogens is 234 g/mol. The molecule has 0 aromatic heterocycles. The molecule has 1 N–H and O–H groups in total. The monoisotopic (exact) mass is 259 g/mol. The Hall–Kier alpha value is -1.53. The van der Waals surface area contributed by atoms with E-state index in [1.54, 1.807) is 0 Å². The Morgan fingerprint density at radius 1 is 1.32 bits per heavy atom. The van der Waals surface area contributed by atoms with Gasteiger partial charge < -0.3 is 4.90 Å². The highest BCUT2D eigenvalue weighted by Crippen LogP contribution is 2.17.